The summed E-state index contributed by atoms with van der Waals surface area (Å²) in [7, 11) is 1.40. The van der Waals surface area contributed by atoms with E-state index in [1.807, 2.05) is 4.90 Å². The Morgan fingerprint density at radius 3 is 3.00 bits per heavy atom. The van der Waals surface area contributed by atoms with E-state index < -0.39 is 0 Å². The molecular weight excluding hydrogens is 230 g/mol. The molecule has 1 aliphatic heterocycles. The molecule has 1 aromatic heterocycles. The Kier molecular flexibility index (Phi) is 3.24. The molecular formula is C10H12ClN3O2. The SMILES string of the molecule is COC(=O)C1CCCN1c1ccc(Cl)nn1. The first-order chi connectivity index (χ1) is 7.72. The molecule has 86 valence electrons. The van der Waals surface area contributed by atoms with Crippen LogP contribution in [0, 0.1) is 0 Å². The Balaban J connectivity index is 2.19. The van der Waals surface area contributed by atoms with Crippen LogP contribution in [0.2, 0.25) is 5.15 Å². The van der Waals surface area contributed by atoms with Crippen LogP contribution >= 0.6 is 11.6 Å². The van der Waals surface area contributed by atoms with Crippen molar-refractivity contribution in [3.63, 3.8) is 0 Å². The third-order valence-electron chi connectivity index (χ3n) is 2.64. The van der Waals surface area contributed by atoms with E-state index in [0.717, 1.165) is 19.4 Å². The predicted octanol–water partition coefficient (Wildman–Crippen LogP) is 1.27. The highest BCUT2D eigenvalue weighted by atomic mass is 35.5. The number of nitrogens with zero attached hydrogens (tertiary/aromatic N) is 3. The van der Waals surface area contributed by atoms with Crippen molar-refractivity contribution in [2.75, 3.05) is 18.6 Å². The standard InChI is InChI=1S/C10H12ClN3O2/c1-16-10(15)7-3-2-6-14(7)9-5-4-8(11)12-13-9/h4-5,7H,2-3,6H2,1H3. The molecule has 1 saturated heterocycles. The number of methoxy groups -OCH3 is 1. The van der Waals surface area contributed by atoms with E-state index in [2.05, 4.69) is 10.2 Å². The molecule has 5 nitrogen and oxygen atoms in total. The van der Waals surface area contributed by atoms with Gasteiger partial charge in [-0.1, -0.05) is 11.6 Å². The summed E-state index contributed by atoms with van der Waals surface area (Å²) in [4.78, 5) is 13.4. The summed E-state index contributed by atoms with van der Waals surface area (Å²) < 4.78 is 4.75. The summed E-state index contributed by atoms with van der Waals surface area (Å²) in [6, 6.07) is 3.17. The molecule has 6 heteroatoms. The van der Waals surface area contributed by atoms with Crippen LogP contribution < -0.4 is 4.90 Å². The maximum absolute atomic E-state index is 11.5. The Bertz CT molecular complexity index is 382. The molecule has 1 fully saturated rings. The number of hydrogen-bond acceptors (Lipinski definition) is 5. The minimum absolute atomic E-state index is 0.228. The van der Waals surface area contributed by atoms with E-state index in [-0.39, 0.29) is 12.0 Å². The number of halogens is 1. The first kappa shape index (κ1) is 11.1. The van der Waals surface area contributed by atoms with E-state index >= 15 is 0 Å². The average Bonchev–Trinajstić information content (AvgIpc) is 2.78. The lowest BCUT2D eigenvalue weighted by molar-refractivity contribution is -0.141. The number of anilines is 1. The maximum Gasteiger partial charge on any atom is 0.328 e. The lowest BCUT2D eigenvalue weighted by Crippen LogP contribution is -2.37. The van der Waals surface area contributed by atoms with Crippen molar-refractivity contribution < 1.29 is 9.53 Å². The van der Waals surface area contributed by atoms with Gasteiger partial charge in [0.1, 0.15) is 6.04 Å². The van der Waals surface area contributed by atoms with E-state index in [4.69, 9.17) is 16.3 Å². The molecule has 0 N–H and O–H groups in total. The van der Waals surface area contributed by atoms with Gasteiger partial charge >= 0.3 is 5.97 Å². The van der Waals surface area contributed by atoms with Crippen LogP contribution in [0.25, 0.3) is 0 Å². The lowest BCUT2D eigenvalue weighted by atomic mass is 10.2. The van der Waals surface area contributed by atoms with Gasteiger partial charge in [0.15, 0.2) is 11.0 Å². The summed E-state index contributed by atoms with van der Waals surface area (Å²) in [5.41, 5.74) is 0. The average molecular weight is 242 g/mol. The van der Waals surface area contributed by atoms with Gasteiger partial charge < -0.3 is 9.64 Å². The zero-order valence-corrected chi connectivity index (χ0v) is 9.65. The van der Waals surface area contributed by atoms with Gasteiger partial charge in [-0.25, -0.2) is 4.79 Å². The fraction of sp³-hybridized carbons (Fsp3) is 0.500. The number of carbonyl (C=O) groups excluding carboxylic acids is 1. The molecule has 1 atom stereocenters. The molecule has 0 radical (unpaired) electrons. The summed E-state index contributed by atoms with van der Waals surface area (Å²) in [5, 5.41) is 8.07. The van der Waals surface area contributed by atoms with E-state index in [1.165, 1.54) is 7.11 Å². The van der Waals surface area contributed by atoms with E-state index in [9.17, 15) is 4.79 Å². The molecule has 2 rings (SSSR count). The monoisotopic (exact) mass is 241 g/mol. The third-order valence-corrected chi connectivity index (χ3v) is 2.84. The number of rotatable bonds is 2. The molecule has 0 spiro atoms. The molecule has 0 aromatic carbocycles. The van der Waals surface area contributed by atoms with Crippen LogP contribution in [-0.4, -0.2) is 35.9 Å². The molecule has 2 heterocycles. The highest BCUT2D eigenvalue weighted by Gasteiger charge is 2.32. The quantitative estimate of drug-likeness (QED) is 0.730. The van der Waals surface area contributed by atoms with Crippen molar-refractivity contribution in [1.82, 2.24) is 10.2 Å². The van der Waals surface area contributed by atoms with Gasteiger partial charge in [0.05, 0.1) is 7.11 Å². The zero-order chi connectivity index (χ0) is 11.5. The fourth-order valence-electron chi connectivity index (χ4n) is 1.88. The van der Waals surface area contributed by atoms with Gasteiger partial charge in [0, 0.05) is 6.54 Å². The zero-order valence-electron chi connectivity index (χ0n) is 8.89. The second kappa shape index (κ2) is 4.65. The molecule has 0 saturated carbocycles. The van der Waals surface area contributed by atoms with E-state index in [0.29, 0.717) is 11.0 Å². The smallest absolute Gasteiger partial charge is 0.328 e. The maximum atomic E-state index is 11.5. The number of carbonyl (C=O) groups is 1. The van der Waals surface area contributed by atoms with Gasteiger partial charge in [-0.15, -0.1) is 10.2 Å². The van der Waals surface area contributed by atoms with Crippen LogP contribution in [0.5, 0.6) is 0 Å². The lowest BCUT2D eigenvalue weighted by Gasteiger charge is -2.22. The summed E-state index contributed by atoms with van der Waals surface area (Å²) >= 11 is 5.66. The molecule has 0 amide bonds. The van der Waals surface area contributed by atoms with Crippen molar-refractivity contribution in [3.05, 3.63) is 17.3 Å². The van der Waals surface area contributed by atoms with Crippen LogP contribution in [0.4, 0.5) is 5.82 Å². The Morgan fingerprint density at radius 1 is 1.56 bits per heavy atom. The molecule has 1 aromatic rings. The number of esters is 1. The summed E-state index contributed by atoms with van der Waals surface area (Å²) in [6.45, 7) is 0.788. The molecule has 0 aliphatic carbocycles. The van der Waals surface area contributed by atoms with Crippen molar-refractivity contribution in [1.29, 1.82) is 0 Å². The van der Waals surface area contributed by atoms with Gasteiger partial charge in [-0.05, 0) is 25.0 Å². The van der Waals surface area contributed by atoms with Crippen LogP contribution in [0.3, 0.4) is 0 Å². The first-order valence-corrected chi connectivity index (χ1v) is 5.44. The summed E-state index contributed by atoms with van der Waals surface area (Å²) in [6.07, 6.45) is 1.74. The first-order valence-electron chi connectivity index (χ1n) is 5.06. The van der Waals surface area contributed by atoms with Crippen LogP contribution in [-0.2, 0) is 9.53 Å². The summed E-state index contributed by atoms with van der Waals surface area (Å²) in [5.74, 6) is 0.437. The van der Waals surface area contributed by atoms with Gasteiger partial charge in [-0.3, -0.25) is 0 Å². The highest BCUT2D eigenvalue weighted by Crippen LogP contribution is 2.24. The van der Waals surface area contributed by atoms with Crippen molar-refractivity contribution in [3.8, 4) is 0 Å². The Hall–Kier alpha value is -1.36. The fourth-order valence-corrected chi connectivity index (χ4v) is 1.98. The van der Waals surface area contributed by atoms with Crippen LogP contribution in [0.1, 0.15) is 12.8 Å². The Morgan fingerprint density at radius 2 is 2.38 bits per heavy atom. The van der Waals surface area contributed by atoms with Gasteiger partial charge in [0.2, 0.25) is 0 Å². The number of aromatic nitrogens is 2. The second-order valence-corrected chi connectivity index (χ2v) is 3.98. The van der Waals surface area contributed by atoms with Gasteiger partial charge in [-0.2, -0.15) is 0 Å². The predicted molar refractivity (Wildman–Crippen MR) is 59.4 cm³/mol. The number of hydrogen-bond donors (Lipinski definition) is 0. The van der Waals surface area contributed by atoms with Gasteiger partial charge in [0.25, 0.3) is 0 Å². The Labute approximate surface area is 98.4 Å². The molecule has 0 bridgehead atoms. The minimum atomic E-state index is -0.250. The highest BCUT2D eigenvalue weighted by molar-refractivity contribution is 6.29. The van der Waals surface area contributed by atoms with Crippen molar-refractivity contribution in [2.24, 2.45) is 0 Å². The minimum Gasteiger partial charge on any atom is -0.467 e. The van der Waals surface area contributed by atoms with Crippen LogP contribution in [0.15, 0.2) is 12.1 Å². The van der Waals surface area contributed by atoms with Crippen molar-refractivity contribution >= 4 is 23.4 Å². The number of ether oxygens (including phenoxy) is 1. The second-order valence-electron chi connectivity index (χ2n) is 3.59. The van der Waals surface area contributed by atoms with E-state index in [1.54, 1.807) is 12.1 Å². The normalized spacial score (nSPS) is 19.9. The van der Waals surface area contributed by atoms with Crippen molar-refractivity contribution in [2.45, 2.75) is 18.9 Å². The third kappa shape index (κ3) is 2.09. The molecule has 1 aliphatic rings. The molecule has 1 unspecified atom stereocenters. The topological polar surface area (TPSA) is 55.3 Å². The molecule has 16 heavy (non-hydrogen) atoms. The largest absolute Gasteiger partial charge is 0.467 e.